The number of fused-ring (bicyclic) bond motifs is 1. The van der Waals surface area contributed by atoms with Crippen LogP contribution in [0.2, 0.25) is 0 Å². The molecular weight excluding hydrogens is 204 g/mol. The van der Waals surface area contributed by atoms with E-state index >= 15 is 0 Å². The van der Waals surface area contributed by atoms with Crippen LogP contribution >= 0.6 is 11.8 Å². The van der Waals surface area contributed by atoms with E-state index in [4.69, 9.17) is 0 Å². The summed E-state index contributed by atoms with van der Waals surface area (Å²) < 4.78 is 0. The molecule has 2 nitrogen and oxygen atoms in total. The zero-order valence-corrected chi connectivity index (χ0v) is 9.94. The second-order valence-electron chi connectivity index (χ2n) is 3.85. The fraction of sp³-hybridized carbons (Fsp3) is 0.500. The van der Waals surface area contributed by atoms with Gasteiger partial charge in [-0.15, -0.1) is 11.8 Å². The molecule has 2 N–H and O–H groups in total. The maximum atomic E-state index is 3.49. The van der Waals surface area contributed by atoms with E-state index in [1.165, 1.54) is 16.2 Å². The predicted molar refractivity (Wildman–Crippen MR) is 66.7 cm³/mol. The van der Waals surface area contributed by atoms with Gasteiger partial charge in [-0.3, -0.25) is 0 Å². The Morgan fingerprint density at radius 1 is 1.33 bits per heavy atom. The first-order chi connectivity index (χ1) is 7.42. The summed E-state index contributed by atoms with van der Waals surface area (Å²) in [5.74, 6) is 1.93. The van der Waals surface area contributed by atoms with Gasteiger partial charge in [0.05, 0.1) is 0 Å². The van der Waals surface area contributed by atoms with E-state index in [0.29, 0.717) is 5.92 Å². The van der Waals surface area contributed by atoms with Gasteiger partial charge in [0.1, 0.15) is 0 Å². The second kappa shape index (κ2) is 5.54. The minimum Gasteiger partial charge on any atom is -0.318 e. The molecule has 1 aromatic rings. The Morgan fingerprint density at radius 2 is 2.20 bits per heavy atom. The lowest BCUT2D eigenvalue weighted by Gasteiger charge is -2.11. The first-order valence-electron chi connectivity index (χ1n) is 5.49. The number of nitrogens with one attached hydrogen (secondary N) is 2. The first-order valence-corrected chi connectivity index (χ1v) is 6.47. The van der Waals surface area contributed by atoms with Crippen LogP contribution in [0.3, 0.4) is 0 Å². The molecule has 0 aliphatic carbocycles. The van der Waals surface area contributed by atoms with E-state index in [9.17, 15) is 0 Å². The van der Waals surface area contributed by atoms with Crippen LogP contribution in [0.15, 0.2) is 29.2 Å². The SMILES string of the molecule is CNCCNCC1CSc2ccccc21. The van der Waals surface area contributed by atoms with E-state index in [2.05, 4.69) is 34.9 Å². The second-order valence-corrected chi connectivity index (χ2v) is 4.92. The number of thioether (sulfide) groups is 1. The first kappa shape index (κ1) is 11.0. The monoisotopic (exact) mass is 222 g/mol. The standard InChI is InChI=1S/C12H18N2S/c1-13-6-7-14-8-10-9-15-12-5-3-2-4-11(10)12/h2-5,10,13-14H,6-9H2,1H3. The Labute approximate surface area is 95.8 Å². The number of hydrogen-bond donors (Lipinski definition) is 2. The Kier molecular flexibility index (Phi) is 4.06. The molecule has 15 heavy (non-hydrogen) atoms. The lowest BCUT2D eigenvalue weighted by Crippen LogP contribution is -2.28. The molecule has 1 heterocycles. The summed E-state index contributed by atoms with van der Waals surface area (Å²) >= 11 is 1.98. The van der Waals surface area contributed by atoms with Crippen molar-refractivity contribution >= 4 is 11.8 Å². The fourth-order valence-corrected chi connectivity index (χ4v) is 3.14. The fourth-order valence-electron chi connectivity index (χ4n) is 1.89. The molecule has 0 aromatic heterocycles. The molecule has 0 amide bonds. The van der Waals surface area contributed by atoms with Crippen molar-refractivity contribution in [1.29, 1.82) is 0 Å². The number of rotatable bonds is 5. The van der Waals surface area contributed by atoms with Gasteiger partial charge >= 0.3 is 0 Å². The van der Waals surface area contributed by atoms with Crippen molar-refractivity contribution in [3.8, 4) is 0 Å². The molecule has 1 atom stereocenters. The van der Waals surface area contributed by atoms with Gasteiger partial charge in [-0.1, -0.05) is 18.2 Å². The van der Waals surface area contributed by atoms with Crippen LogP contribution in [0, 0.1) is 0 Å². The average Bonchev–Trinajstić information content (AvgIpc) is 2.68. The number of benzene rings is 1. The highest BCUT2D eigenvalue weighted by molar-refractivity contribution is 7.99. The van der Waals surface area contributed by atoms with Gasteiger partial charge in [0, 0.05) is 36.2 Å². The highest BCUT2D eigenvalue weighted by atomic mass is 32.2. The smallest absolute Gasteiger partial charge is 0.0108 e. The minimum atomic E-state index is 0.697. The highest BCUT2D eigenvalue weighted by Gasteiger charge is 2.21. The largest absolute Gasteiger partial charge is 0.318 e. The maximum Gasteiger partial charge on any atom is 0.0108 e. The molecule has 82 valence electrons. The molecule has 1 aliphatic heterocycles. The Hall–Kier alpha value is -0.510. The predicted octanol–water partition coefficient (Wildman–Crippen LogP) is 1.68. The zero-order chi connectivity index (χ0) is 10.5. The van der Waals surface area contributed by atoms with Gasteiger partial charge in [0.15, 0.2) is 0 Å². The summed E-state index contributed by atoms with van der Waals surface area (Å²) in [6.07, 6.45) is 0. The van der Waals surface area contributed by atoms with Crippen molar-refractivity contribution in [3.05, 3.63) is 29.8 Å². The summed E-state index contributed by atoms with van der Waals surface area (Å²) in [5.41, 5.74) is 1.53. The molecular formula is C12H18N2S. The summed E-state index contributed by atoms with van der Waals surface area (Å²) in [6, 6.07) is 8.77. The summed E-state index contributed by atoms with van der Waals surface area (Å²) in [6.45, 7) is 3.20. The van der Waals surface area contributed by atoms with E-state index in [1.807, 2.05) is 18.8 Å². The zero-order valence-electron chi connectivity index (χ0n) is 9.12. The van der Waals surface area contributed by atoms with E-state index in [0.717, 1.165) is 19.6 Å². The van der Waals surface area contributed by atoms with Crippen molar-refractivity contribution in [2.24, 2.45) is 0 Å². The summed E-state index contributed by atoms with van der Waals surface area (Å²) in [5, 5.41) is 6.64. The topological polar surface area (TPSA) is 24.1 Å². The molecule has 0 saturated heterocycles. The summed E-state index contributed by atoms with van der Waals surface area (Å²) in [4.78, 5) is 1.47. The Balaban J connectivity index is 1.85. The highest BCUT2D eigenvalue weighted by Crippen LogP contribution is 2.38. The molecule has 0 spiro atoms. The Morgan fingerprint density at radius 3 is 3.07 bits per heavy atom. The number of hydrogen-bond acceptors (Lipinski definition) is 3. The normalized spacial score (nSPS) is 19.1. The lowest BCUT2D eigenvalue weighted by molar-refractivity contribution is 0.604. The molecule has 0 fully saturated rings. The van der Waals surface area contributed by atoms with Crippen molar-refractivity contribution in [1.82, 2.24) is 10.6 Å². The molecule has 2 rings (SSSR count). The Bertz CT molecular complexity index is 314. The van der Waals surface area contributed by atoms with Crippen LogP contribution in [0.5, 0.6) is 0 Å². The average molecular weight is 222 g/mol. The van der Waals surface area contributed by atoms with Crippen molar-refractivity contribution in [2.45, 2.75) is 10.8 Å². The molecule has 1 unspecified atom stereocenters. The molecule has 1 aliphatic rings. The van der Waals surface area contributed by atoms with Crippen LogP contribution < -0.4 is 10.6 Å². The van der Waals surface area contributed by atoms with Crippen molar-refractivity contribution in [2.75, 3.05) is 32.4 Å². The van der Waals surface area contributed by atoms with Gasteiger partial charge in [0.2, 0.25) is 0 Å². The van der Waals surface area contributed by atoms with Gasteiger partial charge in [-0.2, -0.15) is 0 Å². The maximum absolute atomic E-state index is 3.49. The van der Waals surface area contributed by atoms with Crippen LogP contribution in [-0.4, -0.2) is 32.4 Å². The lowest BCUT2D eigenvalue weighted by atomic mass is 10.0. The molecule has 1 aromatic carbocycles. The van der Waals surface area contributed by atoms with Gasteiger partial charge < -0.3 is 10.6 Å². The van der Waals surface area contributed by atoms with Gasteiger partial charge in [0.25, 0.3) is 0 Å². The number of likely N-dealkylation sites (N-methyl/N-ethyl adjacent to an activating group) is 1. The van der Waals surface area contributed by atoms with Crippen molar-refractivity contribution in [3.63, 3.8) is 0 Å². The van der Waals surface area contributed by atoms with Crippen LogP contribution in [0.4, 0.5) is 0 Å². The van der Waals surface area contributed by atoms with E-state index in [-0.39, 0.29) is 0 Å². The third kappa shape index (κ3) is 2.74. The third-order valence-electron chi connectivity index (χ3n) is 2.74. The van der Waals surface area contributed by atoms with Gasteiger partial charge in [-0.05, 0) is 18.7 Å². The molecule has 3 heteroatoms. The van der Waals surface area contributed by atoms with Crippen molar-refractivity contribution < 1.29 is 0 Å². The molecule has 0 bridgehead atoms. The van der Waals surface area contributed by atoms with Crippen LogP contribution in [0.25, 0.3) is 0 Å². The summed E-state index contributed by atoms with van der Waals surface area (Å²) in [7, 11) is 1.99. The molecule has 0 saturated carbocycles. The minimum absolute atomic E-state index is 0.697. The van der Waals surface area contributed by atoms with Crippen LogP contribution in [-0.2, 0) is 0 Å². The van der Waals surface area contributed by atoms with Gasteiger partial charge in [-0.25, -0.2) is 0 Å². The van der Waals surface area contributed by atoms with E-state index in [1.54, 1.807) is 0 Å². The molecule has 0 radical (unpaired) electrons. The van der Waals surface area contributed by atoms with Crippen LogP contribution in [0.1, 0.15) is 11.5 Å². The quantitative estimate of drug-likeness (QED) is 0.741. The van der Waals surface area contributed by atoms with E-state index < -0.39 is 0 Å². The third-order valence-corrected chi connectivity index (χ3v) is 3.99.